The van der Waals surface area contributed by atoms with Crippen LogP contribution in [-0.2, 0) is 22.8 Å². The summed E-state index contributed by atoms with van der Waals surface area (Å²) in [5.41, 5.74) is 0.698. The molecule has 3 atom stereocenters. The molecule has 3 fully saturated rings. The van der Waals surface area contributed by atoms with Crippen molar-refractivity contribution in [1.82, 2.24) is 34.1 Å². The van der Waals surface area contributed by atoms with Gasteiger partial charge in [-0.25, -0.2) is 14.2 Å². The summed E-state index contributed by atoms with van der Waals surface area (Å²) in [6.07, 6.45) is 0.388. The first kappa shape index (κ1) is 39.7. The van der Waals surface area contributed by atoms with Gasteiger partial charge in [0.1, 0.15) is 29.7 Å². The van der Waals surface area contributed by atoms with Gasteiger partial charge in [0.05, 0.1) is 46.1 Å². The summed E-state index contributed by atoms with van der Waals surface area (Å²) in [7, 11) is 3.61. The molecule has 3 aromatic heterocycles. The monoisotopic (exact) mass is 814 g/mol. The van der Waals surface area contributed by atoms with Gasteiger partial charge in [-0.3, -0.25) is 33.5 Å². The van der Waals surface area contributed by atoms with Crippen LogP contribution in [0.15, 0.2) is 59.5 Å². The molecule has 3 aliphatic rings. The number of halogens is 4. The van der Waals surface area contributed by atoms with Gasteiger partial charge in [-0.1, -0.05) is 12.1 Å². The average molecular weight is 815 g/mol. The Morgan fingerprint density at radius 3 is 2.53 bits per heavy atom. The van der Waals surface area contributed by atoms with Crippen molar-refractivity contribution >= 4 is 51.0 Å². The minimum absolute atomic E-state index is 0.0857. The van der Waals surface area contributed by atoms with E-state index in [0.717, 1.165) is 50.0 Å². The molecule has 1 saturated carbocycles. The number of imide groups is 1. The van der Waals surface area contributed by atoms with Crippen molar-refractivity contribution in [3.05, 3.63) is 82.2 Å². The van der Waals surface area contributed by atoms with Crippen LogP contribution in [0.3, 0.4) is 0 Å². The average Bonchev–Trinajstić information content (AvgIpc) is 3.74. The second-order valence-electron chi connectivity index (χ2n) is 15.8. The maximum atomic E-state index is 16.1. The lowest BCUT2D eigenvalue weighted by Gasteiger charge is -2.42. The number of benzene rings is 2. The lowest BCUT2D eigenvalue weighted by Crippen LogP contribution is -2.52. The Kier molecular flexibility index (Phi) is 10.5. The fourth-order valence-corrected chi connectivity index (χ4v) is 9.02. The zero-order chi connectivity index (χ0) is 41.7. The molecule has 308 valence electrons. The predicted octanol–water partition coefficient (Wildman–Crippen LogP) is 5.49. The van der Waals surface area contributed by atoms with Crippen LogP contribution in [0.1, 0.15) is 78.8 Å². The number of carbonyl (C=O) groups excluding carboxylic acids is 3. The van der Waals surface area contributed by atoms with Crippen LogP contribution >= 0.6 is 0 Å². The van der Waals surface area contributed by atoms with Crippen LogP contribution < -0.4 is 21.2 Å². The standard InChI is InChI=1S/C41H42F4N10O4/c1-51(31-15-16-53(22-27(31)42)32-6-4-7-33-37(32)52(2)40(59)55(33)34-13-14-36(56)49-39(34)58)20-23-9-11-26(12-10-23)54-21-25-18-29(24(19-46)17-30(25)50-54)48-38(57)28-5-3-8-35(47-28)41(43,44)45/h3-8,17-18,21,23,26-27,31,34H,9-16,20,22H2,1-2H3,(H,48,57)(H,49,56,58)/t23?,26?,27-,31-,34?/m0/s1. The predicted molar refractivity (Wildman–Crippen MR) is 209 cm³/mol. The molecule has 5 heterocycles. The van der Waals surface area contributed by atoms with E-state index in [4.69, 9.17) is 5.10 Å². The first-order chi connectivity index (χ1) is 28.2. The van der Waals surface area contributed by atoms with Crippen LogP contribution in [0, 0.1) is 17.2 Å². The zero-order valence-electron chi connectivity index (χ0n) is 32.4. The third-order valence-electron chi connectivity index (χ3n) is 12.1. The van der Waals surface area contributed by atoms with Crippen molar-refractivity contribution in [2.45, 2.75) is 75.4 Å². The number of para-hydroxylation sites is 1. The van der Waals surface area contributed by atoms with E-state index in [9.17, 15) is 37.6 Å². The number of aryl methyl sites for hydroxylation is 1. The number of pyridine rings is 1. The molecule has 5 aromatic rings. The zero-order valence-corrected chi connectivity index (χ0v) is 32.4. The first-order valence-corrected chi connectivity index (χ1v) is 19.6. The van der Waals surface area contributed by atoms with Gasteiger partial charge in [0.15, 0.2) is 0 Å². The summed E-state index contributed by atoms with van der Waals surface area (Å²) >= 11 is 0. The number of fused-ring (bicyclic) bond motifs is 2. The third kappa shape index (κ3) is 7.66. The van der Waals surface area contributed by atoms with Gasteiger partial charge in [0.2, 0.25) is 11.8 Å². The van der Waals surface area contributed by atoms with Crippen LogP contribution in [-0.4, -0.2) is 85.4 Å². The van der Waals surface area contributed by atoms with Crippen molar-refractivity contribution in [3.63, 3.8) is 0 Å². The number of alkyl halides is 4. The van der Waals surface area contributed by atoms with E-state index in [1.807, 2.05) is 35.0 Å². The summed E-state index contributed by atoms with van der Waals surface area (Å²) < 4.78 is 60.4. The summed E-state index contributed by atoms with van der Waals surface area (Å²) in [5.74, 6) is -1.40. The molecule has 2 saturated heterocycles. The van der Waals surface area contributed by atoms with Crippen molar-refractivity contribution < 1.29 is 31.9 Å². The second kappa shape index (κ2) is 15.6. The molecule has 8 rings (SSSR count). The SMILES string of the molecule is CN(CC1CCC(n2cc3cc(NC(=O)c4cccc(C(F)(F)F)n4)c(C#N)cc3n2)CC1)[C@H]1CCN(c2cccc3c2n(C)c(=O)n3C2CCC(=O)NC2=O)C[C@@H]1F. The highest BCUT2D eigenvalue weighted by Gasteiger charge is 2.37. The normalized spacial score (nSPS) is 22.8. The molecular weight excluding hydrogens is 773 g/mol. The lowest BCUT2D eigenvalue weighted by atomic mass is 9.85. The number of hydrogen-bond acceptors (Lipinski definition) is 9. The van der Waals surface area contributed by atoms with Crippen molar-refractivity contribution in [3.8, 4) is 6.07 Å². The number of aromatic nitrogens is 5. The number of rotatable bonds is 8. The van der Waals surface area contributed by atoms with Gasteiger partial charge in [-0.15, -0.1) is 0 Å². The highest BCUT2D eigenvalue weighted by Crippen LogP contribution is 2.36. The van der Waals surface area contributed by atoms with Gasteiger partial charge < -0.3 is 15.1 Å². The minimum atomic E-state index is -4.71. The van der Waals surface area contributed by atoms with Gasteiger partial charge in [-0.2, -0.15) is 23.5 Å². The number of nitrogens with zero attached hydrogens (tertiary/aromatic N) is 8. The molecule has 59 heavy (non-hydrogen) atoms. The van der Waals surface area contributed by atoms with Crippen molar-refractivity contribution in [2.75, 3.05) is 36.9 Å². The summed E-state index contributed by atoms with van der Waals surface area (Å²) in [4.78, 5) is 58.3. The molecule has 2 N–H and O–H groups in total. The number of anilines is 2. The molecular formula is C41H42F4N10O4. The number of piperidine rings is 2. The molecule has 14 nitrogen and oxygen atoms in total. The van der Waals surface area contributed by atoms with E-state index in [-0.39, 0.29) is 54.3 Å². The number of imidazole rings is 1. The quantitative estimate of drug-likeness (QED) is 0.153. The third-order valence-corrected chi connectivity index (χ3v) is 12.1. The smallest absolute Gasteiger partial charge is 0.367 e. The van der Waals surface area contributed by atoms with E-state index in [0.29, 0.717) is 40.8 Å². The number of hydrogen-bond donors (Lipinski definition) is 2. The Balaban J connectivity index is 0.883. The second-order valence-corrected chi connectivity index (χ2v) is 15.8. The van der Waals surface area contributed by atoms with Gasteiger partial charge in [0, 0.05) is 44.2 Å². The van der Waals surface area contributed by atoms with E-state index >= 15 is 4.39 Å². The number of nitriles is 1. The molecule has 1 aliphatic carbocycles. The van der Waals surface area contributed by atoms with Crippen molar-refractivity contribution in [1.29, 1.82) is 5.26 Å². The lowest BCUT2D eigenvalue weighted by molar-refractivity contribution is -0.141. The topological polar surface area (TPSA) is 163 Å². The number of carbonyl (C=O) groups is 3. The summed E-state index contributed by atoms with van der Waals surface area (Å²) in [6, 6.07) is 12.6. The van der Waals surface area contributed by atoms with Crippen LogP contribution in [0.4, 0.5) is 28.9 Å². The van der Waals surface area contributed by atoms with Crippen molar-refractivity contribution in [2.24, 2.45) is 13.0 Å². The Labute approximate surface area is 335 Å². The van der Waals surface area contributed by atoms with Crippen LogP contribution in [0.25, 0.3) is 21.9 Å². The van der Waals surface area contributed by atoms with E-state index < -0.39 is 41.6 Å². The highest BCUT2D eigenvalue weighted by molar-refractivity contribution is 6.05. The Bertz CT molecular complexity index is 2570. The molecule has 3 amide bonds. The van der Waals surface area contributed by atoms with Crippen LogP contribution in [0.5, 0.6) is 0 Å². The van der Waals surface area contributed by atoms with Crippen LogP contribution in [0.2, 0.25) is 0 Å². The molecule has 0 spiro atoms. The summed E-state index contributed by atoms with van der Waals surface area (Å²) in [6.45, 7) is 1.45. The molecule has 0 radical (unpaired) electrons. The minimum Gasteiger partial charge on any atom is -0.367 e. The molecule has 0 bridgehead atoms. The van der Waals surface area contributed by atoms with Gasteiger partial charge in [0.25, 0.3) is 5.91 Å². The first-order valence-electron chi connectivity index (χ1n) is 19.6. The summed E-state index contributed by atoms with van der Waals surface area (Å²) in [5, 5.41) is 20.0. The van der Waals surface area contributed by atoms with E-state index in [1.54, 1.807) is 31.3 Å². The van der Waals surface area contributed by atoms with Gasteiger partial charge >= 0.3 is 11.9 Å². The maximum Gasteiger partial charge on any atom is 0.433 e. The number of amides is 3. The molecule has 2 aliphatic heterocycles. The number of nitrogens with one attached hydrogen (secondary N) is 2. The molecule has 1 unspecified atom stereocenters. The largest absolute Gasteiger partial charge is 0.433 e. The highest BCUT2D eigenvalue weighted by atomic mass is 19.4. The maximum absolute atomic E-state index is 16.1. The van der Waals surface area contributed by atoms with E-state index in [2.05, 4.69) is 20.5 Å². The fraction of sp³-hybridized carbons (Fsp3) is 0.439. The molecule has 2 aromatic carbocycles. The fourth-order valence-electron chi connectivity index (χ4n) is 9.02. The van der Waals surface area contributed by atoms with Gasteiger partial charge in [-0.05, 0) is 87.9 Å². The Morgan fingerprint density at radius 1 is 1.05 bits per heavy atom. The Hall–Kier alpha value is -6.09. The van der Waals surface area contributed by atoms with E-state index in [1.165, 1.54) is 15.2 Å². The Morgan fingerprint density at radius 2 is 1.81 bits per heavy atom. The molecule has 18 heteroatoms.